The van der Waals surface area contributed by atoms with Gasteiger partial charge in [0.25, 0.3) is 0 Å². The lowest BCUT2D eigenvalue weighted by atomic mass is 9.84. The van der Waals surface area contributed by atoms with Crippen LogP contribution in [0.5, 0.6) is 0 Å². The second-order valence-electron chi connectivity index (χ2n) is 7.64. The Morgan fingerprint density at radius 3 is 2.33 bits per heavy atom. The molecule has 21 heavy (non-hydrogen) atoms. The van der Waals surface area contributed by atoms with Crippen LogP contribution in [0.1, 0.15) is 53.7 Å². The Hall–Kier alpha value is -1.42. The fourth-order valence-corrected chi connectivity index (χ4v) is 2.27. The average molecular weight is 293 g/mol. The maximum absolute atomic E-state index is 12.6. The van der Waals surface area contributed by atoms with Gasteiger partial charge in [-0.15, -0.1) is 0 Å². The highest BCUT2D eigenvalue weighted by atomic mass is 16.5. The van der Waals surface area contributed by atoms with Gasteiger partial charge in [-0.05, 0) is 33.3 Å². The fraction of sp³-hybridized carbons (Fsp3) is 0.647. The van der Waals surface area contributed by atoms with E-state index in [-0.39, 0.29) is 22.8 Å². The number of Topliss-reactive ketones (excluding diaryl/α,β-unsaturated/α-hetero) is 1. The molecule has 1 aromatic rings. The minimum atomic E-state index is -0.380. The van der Waals surface area contributed by atoms with Crippen LogP contribution in [-0.2, 0) is 11.2 Å². The summed E-state index contributed by atoms with van der Waals surface area (Å²) in [5, 5.41) is 13.2. The summed E-state index contributed by atoms with van der Waals surface area (Å²) in [4.78, 5) is 12.6. The van der Waals surface area contributed by atoms with Crippen LogP contribution in [0.15, 0.2) is 24.4 Å². The zero-order valence-electron chi connectivity index (χ0n) is 14.1. The van der Waals surface area contributed by atoms with Crippen LogP contribution in [0.3, 0.4) is 0 Å². The number of aryl methyl sites for hydroxylation is 1. The van der Waals surface area contributed by atoms with Crippen molar-refractivity contribution in [2.75, 3.05) is 0 Å². The molecule has 2 N–H and O–H groups in total. The highest BCUT2D eigenvalue weighted by molar-refractivity contribution is 5.88. The summed E-state index contributed by atoms with van der Waals surface area (Å²) < 4.78 is 1.12. The summed E-state index contributed by atoms with van der Waals surface area (Å²) in [6.45, 7) is 12.0. The number of carbonyl (C=O) groups is 1. The van der Waals surface area contributed by atoms with E-state index in [9.17, 15) is 10.0 Å². The van der Waals surface area contributed by atoms with Gasteiger partial charge in [0.1, 0.15) is 0 Å². The quantitative estimate of drug-likeness (QED) is 0.648. The van der Waals surface area contributed by atoms with Gasteiger partial charge in [-0.3, -0.25) is 10.0 Å². The van der Waals surface area contributed by atoms with Crippen molar-refractivity contribution in [1.29, 1.82) is 0 Å². The average Bonchev–Trinajstić information content (AvgIpc) is 2.32. The first-order valence-electron chi connectivity index (χ1n) is 7.51. The molecule has 0 fully saturated rings. The SMILES string of the molecule is CC(C)(C)N[C@H](CCc1cccc[n+]1O)C(=O)C(C)(C)C. The third kappa shape index (κ3) is 5.84. The lowest BCUT2D eigenvalue weighted by Crippen LogP contribution is -2.51. The van der Waals surface area contributed by atoms with Crippen molar-refractivity contribution in [2.24, 2.45) is 5.41 Å². The second-order valence-corrected chi connectivity index (χ2v) is 7.64. The number of ketones is 1. The van der Waals surface area contributed by atoms with E-state index in [2.05, 4.69) is 26.1 Å². The number of rotatable bonds is 5. The van der Waals surface area contributed by atoms with E-state index >= 15 is 0 Å². The number of nitrogens with one attached hydrogen (secondary N) is 1. The number of carbonyl (C=O) groups excluding carboxylic acids is 1. The van der Waals surface area contributed by atoms with Gasteiger partial charge >= 0.3 is 0 Å². The monoisotopic (exact) mass is 293 g/mol. The molecule has 0 unspecified atom stereocenters. The van der Waals surface area contributed by atoms with Crippen LogP contribution in [-0.4, -0.2) is 22.6 Å². The number of nitrogens with zero attached hydrogens (tertiary/aromatic N) is 1. The summed E-state index contributed by atoms with van der Waals surface area (Å²) in [6.07, 6.45) is 2.91. The van der Waals surface area contributed by atoms with E-state index in [1.807, 2.05) is 32.9 Å². The molecule has 4 nitrogen and oxygen atoms in total. The van der Waals surface area contributed by atoms with Crippen LogP contribution >= 0.6 is 0 Å². The number of aromatic nitrogens is 1. The van der Waals surface area contributed by atoms with Crippen molar-refractivity contribution < 1.29 is 14.7 Å². The molecule has 0 aliphatic heterocycles. The molecule has 0 aliphatic carbocycles. The topological polar surface area (TPSA) is 53.2 Å². The van der Waals surface area contributed by atoms with Crippen LogP contribution in [0.4, 0.5) is 0 Å². The Morgan fingerprint density at radius 2 is 1.86 bits per heavy atom. The summed E-state index contributed by atoms with van der Waals surface area (Å²) in [6, 6.07) is 5.31. The molecule has 1 atom stereocenters. The molecule has 4 heteroatoms. The molecule has 0 radical (unpaired) electrons. The fourth-order valence-electron chi connectivity index (χ4n) is 2.27. The Bertz CT molecular complexity index is 484. The Morgan fingerprint density at radius 1 is 1.24 bits per heavy atom. The number of hydrogen-bond donors (Lipinski definition) is 2. The smallest absolute Gasteiger partial charge is 0.234 e. The number of hydrogen-bond acceptors (Lipinski definition) is 3. The van der Waals surface area contributed by atoms with Gasteiger partial charge in [-0.1, -0.05) is 20.8 Å². The van der Waals surface area contributed by atoms with Gasteiger partial charge in [-0.25, -0.2) is 0 Å². The summed E-state index contributed by atoms with van der Waals surface area (Å²) in [5.41, 5.74) is 0.298. The predicted octanol–water partition coefficient (Wildman–Crippen LogP) is 2.52. The summed E-state index contributed by atoms with van der Waals surface area (Å²) in [7, 11) is 0. The van der Waals surface area contributed by atoms with E-state index in [0.717, 1.165) is 10.4 Å². The van der Waals surface area contributed by atoms with E-state index in [0.29, 0.717) is 12.8 Å². The van der Waals surface area contributed by atoms with Crippen molar-refractivity contribution in [1.82, 2.24) is 5.32 Å². The summed E-state index contributed by atoms with van der Waals surface area (Å²) in [5.74, 6) is 0.206. The first kappa shape index (κ1) is 17.6. The van der Waals surface area contributed by atoms with E-state index in [4.69, 9.17) is 0 Å². The van der Waals surface area contributed by atoms with Gasteiger partial charge in [0, 0.05) is 34.2 Å². The Balaban J connectivity index is 2.83. The van der Waals surface area contributed by atoms with Crippen molar-refractivity contribution in [3.05, 3.63) is 30.1 Å². The molecule has 0 saturated carbocycles. The van der Waals surface area contributed by atoms with Gasteiger partial charge in [-0.2, -0.15) is 0 Å². The molecule has 0 saturated heterocycles. The highest BCUT2D eigenvalue weighted by Crippen LogP contribution is 2.20. The van der Waals surface area contributed by atoms with Gasteiger partial charge in [0.05, 0.1) is 6.04 Å². The van der Waals surface area contributed by atoms with Crippen molar-refractivity contribution in [2.45, 2.75) is 66.0 Å². The molecule has 0 spiro atoms. The maximum Gasteiger partial charge on any atom is 0.234 e. The van der Waals surface area contributed by atoms with Crippen LogP contribution in [0, 0.1) is 5.41 Å². The molecule has 1 heterocycles. The van der Waals surface area contributed by atoms with Crippen LogP contribution in [0.25, 0.3) is 0 Å². The largest absolute Gasteiger partial charge is 0.303 e. The van der Waals surface area contributed by atoms with Crippen molar-refractivity contribution in [3.8, 4) is 0 Å². The molecule has 0 aliphatic rings. The minimum absolute atomic E-state index is 0.128. The third-order valence-electron chi connectivity index (χ3n) is 3.27. The number of pyridine rings is 1. The molecule has 0 bridgehead atoms. The first-order valence-corrected chi connectivity index (χ1v) is 7.51. The molecule has 1 rings (SSSR count). The second kappa shape index (κ2) is 6.56. The first-order chi connectivity index (χ1) is 9.50. The van der Waals surface area contributed by atoms with Crippen molar-refractivity contribution in [3.63, 3.8) is 0 Å². The van der Waals surface area contributed by atoms with E-state index in [1.165, 1.54) is 0 Å². The normalized spacial score (nSPS) is 14.0. The predicted molar refractivity (Wildman–Crippen MR) is 83.3 cm³/mol. The van der Waals surface area contributed by atoms with Gasteiger partial charge in [0.2, 0.25) is 11.9 Å². The lowest BCUT2D eigenvalue weighted by molar-refractivity contribution is -0.909. The van der Waals surface area contributed by atoms with Gasteiger partial charge in [0.15, 0.2) is 5.78 Å². The van der Waals surface area contributed by atoms with E-state index in [1.54, 1.807) is 12.3 Å². The molecule has 118 valence electrons. The lowest BCUT2D eigenvalue weighted by Gasteiger charge is -2.31. The van der Waals surface area contributed by atoms with Gasteiger partial charge < -0.3 is 5.32 Å². The molecule has 0 amide bonds. The van der Waals surface area contributed by atoms with Crippen molar-refractivity contribution >= 4 is 5.78 Å². The van der Waals surface area contributed by atoms with Crippen LogP contribution in [0.2, 0.25) is 0 Å². The maximum atomic E-state index is 12.6. The summed E-state index contributed by atoms with van der Waals surface area (Å²) >= 11 is 0. The zero-order chi connectivity index (χ0) is 16.3. The van der Waals surface area contributed by atoms with Crippen LogP contribution < -0.4 is 10.0 Å². The standard InChI is InChI=1S/C17H29N2O2/c1-16(2,3)15(20)14(18-17(4,5)6)11-10-13-9-7-8-12-19(13)21/h7-9,12,14,18,21H,10-11H2,1-6H3/q+1/t14-/m1/s1. The highest BCUT2D eigenvalue weighted by Gasteiger charge is 2.32. The molecule has 1 aromatic heterocycles. The zero-order valence-corrected chi connectivity index (χ0v) is 14.1. The minimum Gasteiger partial charge on any atom is -0.303 e. The Kier molecular flexibility index (Phi) is 5.51. The molecular formula is C17H29N2O2+. The Labute approximate surface area is 128 Å². The third-order valence-corrected chi connectivity index (χ3v) is 3.27. The molecule has 0 aromatic carbocycles. The van der Waals surface area contributed by atoms with E-state index < -0.39 is 0 Å². The molecular weight excluding hydrogens is 264 g/mol.